The highest BCUT2D eigenvalue weighted by Crippen LogP contribution is 2.32. The highest BCUT2D eigenvalue weighted by Gasteiger charge is 2.32. The van der Waals surface area contributed by atoms with Crippen molar-refractivity contribution >= 4 is 30.8 Å². The van der Waals surface area contributed by atoms with Gasteiger partial charge in [-0.25, -0.2) is 4.39 Å². The number of benzene rings is 3. The first-order chi connectivity index (χ1) is 15.8. The molecule has 0 unspecified atom stereocenters. The van der Waals surface area contributed by atoms with Crippen molar-refractivity contribution in [2.45, 2.75) is 38.8 Å². The molecule has 0 saturated carbocycles. The molecule has 0 heterocycles. The molecule has 180 valence electrons. The first kappa shape index (κ1) is 26.0. The molecule has 0 spiro atoms. The summed E-state index contributed by atoms with van der Waals surface area (Å²) in [6.07, 6.45) is -4.20. The Morgan fingerprint density at radius 3 is 2.06 bits per heavy atom. The number of carbonyl (C=O) groups excluding carboxylic acids is 1. The van der Waals surface area contributed by atoms with Gasteiger partial charge < -0.3 is 4.90 Å². The molecule has 3 aromatic carbocycles. The second kappa shape index (κ2) is 10.3. The maximum atomic E-state index is 13.3. The zero-order valence-electron chi connectivity index (χ0n) is 19.2. The molecule has 0 aliphatic heterocycles. The molecule has 2 nitrogen and oxygen atoms in total. The molecule has 0 aliphatic carbocycles. The van der Waals surface area contributed by atoms with Gasteiger partial charge in [0.25, 0.3) is 5.91 Å². The van der Waals surface area contributed by atoms with Crippen molar-refractivity contribution in [2.75, 3.05) is 6.54 Å². The molecule has 34 heavy (non-hydrogen) atoms. The SMILES string of the molecule is C[Si](C)(C)c1ccc(CN(CCc2ccc(F)cc2)C(=O)c2cc(Cl)cc(C(F)(F)F)c2)cc1. The Labute approximate surface area is 203 Å². The van der Waals surface area contributed by atoms with Crippen molar-refractivity contribution in [2.24, 2.45) is 0 Å². The van der Waals surface area contributed by atoms with E-state index in [0.717, 1.165) is 23.3 Å². The molecular formula is C26H26ClF4NOSi. The Hall–Kier alpha value is -2.64. The molecule has 0 aromatic heterocycles. The lowest BCUT2D eigenvalue weighted by atomic mass is 10.1. The van der Waals surface area contributed by atoms with Crippen LogP contribution in [0.25, 0.3) is 0 Å². The number of hydrogen-bond donors (Lipinski definition) is 0. The van der Waals surface area contributed by atoms with Crippen LogP contribution in [-0.2, 0) is 19.1 Å². The van der Waals surface area contributed by atoms with Gasteiger partial charge in [-0.1, -0.05) is 72.8 Å². The van der Waals surface area contributed by atoms with Crippen LogP contribution >= 0.6 is 11.6 Å². The smallest absolute Gasteiger partial charge is 0.334 e. The summed E-state index contributed by atoms with van der Waals surface area (Å²) < 4.78 is 53.1. The Morgan fingerprint density at radius 2 is 1.50 bits per heavy atom. The minimum atomic E-state index is -4.62. The predicted molar refractivity (Wildman–Crippen MR) is 131 cm³/mol. The normalized spacial score (nSPS) is 12.0. The fourth-order valence-corrected chi connectivity index (χ4v) is 4.96. The van der Waals surface area contributed by atoms with Crippen LogP contribution in [0.5, 0.6) is 0 Å². The van der Waals surface area contributed by atoms with Gasteiger partial charge in [-0.15, -0.1) is 0 Å². The van der Waals surface area contributed by atoms with Crippen LogP contribution in [0.1, 0.15) is 27.0 Å². The summed E-state index contributed by atoms with van der Waals surface area (Å²) in [7, 11) is -1.50. The fourth-order valence-electron chi connectivity index (χ4n) is 3.56. The van der Waals surface area contributed by atoms with Crippen LogP contribution in [0.15, 0.2) is 66.7 Å². The first-order valence-corrected chi connectivity index (χ1v) is 14.7. The summed E-state index contributed by atoms with van der Waals surface area (Å²) in [5, 5.41) is 1.11. The van der Waals surface area contributed by atoms with Crippen molar-refractivity contribution in [1.82, 2.24) is 4.90 Å². The fraction of sp³-hybridized carbons (Fsp3) is 0.269. The van der Waals surface area contributed by atoms with Gasteiger partial charge in [-0.2, -0.15) is 13.2 Å². The van der Waals surface area contributed by atoms with Gasteiger partial charge >= 0.3 is 6.18 Å². The number of carbonyl (C=O) groups is 1. The van der Waals surface area contributed by atoms with E-state index in [1.807, 2.05) is 24.3 Å². The molecule has 0 aliphatic rings. The number of rotatable bonds is 7. The summed E-state index contributed by atoms with van der Waals surface area (Å²) in [6.45, 7) is 7.17. The van der Waals surface area contributed by atoms with Gasteiger partial charge in [0, 0.05) is 23.7 Å². The van der Waals surface area contributed by atoms with Crippen LogP contribution < -0.4 is 5.19 Å². The molecule has 3 aromatic rings. The average Bonchev–Trinajstić information content (AvgIpc) is 2.76. The topological polar surface area (TPSA) is 20.3 Å². The summed E-state index contributed by atoms with van der Waals surface area (Å²) in [6, 6.07) is 16.8. The second-order valence-electron chi connectivity index (χ2n) is 9.28. The standard InChI is InChI=1S/C26H26ClF4NOSi/c1-34(2,3)24-10-6-19(7-11-24)17-32(13-12-18-4-8-23(28)9-5-18)25(33)20-14-21(26(29,30)31)16-22(27)15-20/h4-11,14-16H,12-13,17H2,1-3H3. The van der Waals surface area contributed by atoms with Gasteiger partial charge in [0.05, 0.1) is 13.6 Å². The van der Waals surface area contributed by atoms with Gasteiger partial charge in [0.1, 0.15) is 5.82 Å². The largest absolute Gasteiger partial charge is 0.416 e. The molecule has 0 fully saturated rings. The van der Waals surface area contributed by atoms with E-state index < -0.39 is 25.7 Å². The van der Waals surface area contributed by atoms with Crippen molar-refractivity contribution in [3.63, 3.8) is 0 Å². The van der Waals surface area contributed by atoms with Crippen LogP contribution in [0.3, 0.4) is 0 Å². The minimum Gasteiger partial charge on any atom is -0.334 e. The molecular weight excluding hydrogens is 482 g/mol. The lowest BCUT2D eigenvalue weighted by Crippen LogP contribution is -2.37. The first-order valence-electron chi connectivity index (χ1n) is 10.8. The lowest BCUT2D eigenvalue weighted by Gasteiger charge is -2.24. The number of nitrogens with zero attached hydrogens (tertiary/aromatic N) is 1. The van der Waals surface area contributed by atoms with E-state index in [1.54, 1.807) is 12.1 Å². The lowest BCUT2D eigenvalue weighted by molar-refractivity contribution is -0.137. The summed E-state index contributed by atoms with van der Waals surface area (Å²) in [5.74, 6) is -0.915. The monoisotopic (exact) mass is 507 g/mol. The van der Waals surface area contributed by atoms with Crippen LogP contribution in [-0.4, -0.2) is 25.4 Å². The molecule has 0 saturated heterocycles. The maximum absolute atomic E-state index is 13.3. The number of hydrogen-bond acceptors (Lipinski definition) is 1. The van der Waals surface area contributed by atoms with E-state index >= 15 is 0 Å². The maximum Gasteiger partial charge on any atom is 0.416 e. The van der Waals surface area contributed by atoms with Crippen LogP contribution in [0.2, 0.25) is 24.7 Å². The van der Waals surface area contributed by atoms with E-state index in [2.05, 4.69) is 19.6 Å². The average molecular weight is 508 g/mol. The molecule has 0 radical (unpaired) electrons. The second-order valence-corrected chi connectivity index (χ2v) is 14.8. The van der Waals surface area contributed by atoms with E-state index in [9.17, 15) is 22.4 Å². The predicted octanol–water partition coefficient (Wildman–Crippen LogP) is 6.93. The van der Waals surface area contributed by atoms with Gasteiger partial charge in [0.15, 0.2) is 0 Å². The van der Waals surface area contributed by atoms with Crippen molar-refractivity contribution in [1.29, 1.82) is 0 Å². The Kier molecular flexibility index (Phi) is 7.88. The summed E-state index contributed by atoms with van der Waals surface area (Å²) in [5.41, 5.74) is 0.585. The zero-order chi connectivity index (χ0) is 25.1. The molecule has 8 heteroatoms. The highest BCUT2D eigenvalue weighted by atomic mass is 35.5. The molecule has 1 amide bonds. The molecule has 3 rings (SSSR count). The third-order valence-electron chi connectivity index (χ3n) is 5.54. The van der Waals surface area contributed by atoms with Crippen LogP contribution in [0.4, 0.5) is 17.6 Å². The van der Waals surface area contributed by atoms with Gasteiger partial charge in [0.2, 0.25) is 0 Å². The molecule has 0 atom stereocenters. The number of alkyl halides is 3. The van der Waals surface area contributed by atoms with Crippen LogP contribution in [0, 0.1) is 5.82 Å². The summed E-state index contributed by atoms with van der Waals surface area (Å²) in [4.78, 5) is 14.8. The minimum absolute atomic E-state index is 0.127. The summed E-state index contributed by atoms with van der Waals surface area (Å²) >= 11 is 5.91. The van der Waals surface area contributed by atoms with Crippen molar-refractivity contribution < 1.29 is 22.4 Å². The zero-order valence-corrected chi connectivity index (χ0v) is 21.0. The van der Waals surface area contributed by atoms with E-state index in [-0.39, 0.29) is 29.5 Å². The third-order valence-corrected chi connectivity index (χ3v) is 7.82. The van der Waals surface area contributed by atoms with E-state index in [0.29, 0.717) is 6.42 Å². The molecule has 0 N–H and O–H groups in total. The van der Waals surface area contributed by atoms with E-state index in [4.69, 9.17) is 11.6 Å². The Morgan fingerprint density at radius 1 is 0.912 bits per heavy atom. The van der Waals surface area contributed by atoms with Crippen molar-refractivity contribution in [3.05, 3.63) is 99.8 Å². The Bertz CT molecular complexity index is 1140. The number of halogens is 5. The highest BCUT2D eigenvalue weighted by molar-refractivity contribution is 6.88. The number of amides is 1. The third kappa shape index (κ3) is 6.93. The molecule has 0 bridgehead atoms. The van der Waals surface area contributed by atoms with Gasteiger partial charge in [-0.05, 0) is 47.9 Å². The van der Waals surface area contributed by atoms with Crippen molar-refractivity contribution in [3.8, 4) is 0 Å². The Balaban J connectivity index is 1.89. The van der Waals surface area contributed by atoms with E-state index in [1.165, 1.54) is 28.3 Å². The van der Waals surface area contributed by atoms with Gasteiger partial charge in [-0.3, -0.25) is 4.79 Å². The quantitative estimate of drug-likeness (QED) is 0.251.